The van der Waals surface area contributed by atoms with E-state index >= 15 is 4.39 Å². The number of carbonyl (C=O) groups excluding carboxylic acids is 2. The van der Waals surface area contributed by atoms with Crippen molar-refractivity contribution in [1.82, 2.24) is 20.6 Å². The van der Waals surface area contributed by atoms with Gasteiger partial charge in [-0.1, -0.05) is 30.9 Å². The number of halogens is 1. The molecule has 3 rings (SSSR count). The predicted octanol–water partition coefficient (Wildman–Crippen LogP) is 2.19. The quantitative estimate of drug-likeness (QED) is 0.100. The zero-order chi connectivity index (χ0) is 29.7. The summed E-state index contributed by atoms with van der Waals surface area (Å²) in [6, 6.07) is 7.42. The first kappa shape index (κ1) is 31.5. The van der Waals surface area contributed by atoms with E-state index in [4.69, 9.17) is 13.8 Å². The van der Waals surface area contributed by atoms with Crippen LogP contribution in [0.25, 0.3) is 0 Å². The molecule has 1 saturated heterocycles. The van der Waals surface area contributed by atoms with E-state index in [1.807, 2.05) is 0 Å². The van der Waals surface area contributed by atoms with Crippen molar-refractivity contribution in [2.75, 3.05) is 6.61 Å². The lowest BCUT2D eigenvalue weighted by Crippen LogP contribution is -2.56. The third-order valence-corrected chi connectivity index (χ3v) is 7.87. The molecule has 0 aromatic heterocycles. The fourth-order valence-corrected chi connectivity index (χ4v) is 5.79. The molecule has 14 heteroatoms. The Morgan fingerprint density at radius 3 is 2.60 bits per heavy atom. The van der Waals surface area contributed by atoms with Gasteiger partial charge >= 0.3 is 13.7 Å². The van der Waals surface area contributed by atoms with Crippen molar-refractivity contribution in [3.63, 3.8) is 0 Å². The highest BCUT2D eigenvalue weighted by atomic mass is 31.2. The number of carbonyl (C=O) groups is 2. The number of alkyl halides is 1. The number of para-hydroxylation sites is 1. The maximum absolute atomic E-state index is 16.3. The average molecular weight is 583 g/mol. The van der Waals surface area contributed by atoms with Gasteiger partial charge in [0.05, 0.1) is 6.10 Å². The smallest absolute Gasteiger partial charge is 0.459 e. The molecule has 2 aliphatic heterocycles. The molecule has 6 atom stereocenters. The van der Waals surface area contributed by atoms with Crippen LogP contribution in [0.3, 0.4) is 0 Å². The van der Waals surface area contributed by atoms with Crippen LogP contribution in [-0.4, -0.2) is 69.4 Å². The Labute approximate surface area is 232 Å². The van der Waals surface area contributed by atoms with Crippen LogP contribution < -0.4 is 20.2 Å². The Morgan fingerprint density at radius 2 is 2.00 bits per heavy atom. The number of esters is 1. The minimum absolute atomic E-state index is 0.00668. The molecular formula is C26H36FN4O8P. The molecule has 2 unspecified atom stereocenters. The van der Waals surface area contributed by atoms with Gasteiger partial charge < -0.3 is 29.7 Å². The number of aliphatic hydroxyl groups excluding tert-OH is 1. The average Bonchev–Trinajstić information content (AvgIpc) is 3.08. The van der Waals surface area contributed by atoms with Gasteiger partial charge in [-0.05, 0) is 39.3 Å². The SMILES string of the molecule is C=C[C@]1(O)[C@H](N2C=CC(=O)NC2=C)N[C@](F)(COP(=O)(NC(C)CCC(=O)OC(C)C)Oc2ccccc2)[C@H]1O. The number of ether oxygens (including phenoxy) is 1. The van der Waals surface area contributed by atoms with Gasteiger partial charge in [0, 0.05) is 24.7 Å². The van der Waals surface area contributed by atoms with Crippen LogP contribution >= 0.6 is 7.75 Å². The van der Waals surface area contributed by atoms with Gasteiger partial charge in [-0.15, -0.1) is 6.58 Å². The normalized spacial score (nSPS) is 28.6. The fourth-order valence-electron chi connectivity index (χ4n) is 4.18. The molecule has 0 saturated carbocycles. The zero-order valence-corrected chi connectivity index (χ0v) is 23.5. The summed E-state index contributed by atoms with van der Waals surface area (Å²) in [7, 11) is -4.33. The highest BCUT2D eigenvalue weighted by Gasteiger charge is 2.64. The van der Waals surface area contributed by atoms with Crippen molar-refractivity contribution >= 4 is 19.6 Å². The van der Waals surface area contributed by atoms with Gasteiger partial charge in [0.25, 0.3) is 5.91 Å². The van der Waals surface area contributed by atoms with Gasteiger partial charge in [-0.3, -0.25) is 19.4 Å². The van der Waals surface area contributed by atoms with Crippen molar-refractivity contribution in [2.45, 2.75) is 69.4 Å². The highest BCUT2D eigenvalue weighted by molar-refractivity contribution is 7.52. The summed E-state index contributed by atoms with van der Waals surface area (Å²) in [5.41, 5.74) is -2.30. The van der Waals surface area contributed by atoms with E-state index < -0.39 is 55.9 Å². The number of hydrogen-bond donors (Lipinski definition) is 5. The Balaban J connectivity index is 1.79. The molecule has 0 bridgehead atoms. The van der Waals surface area contributed by atoms with Gasteiger partial charge in [-0.25, -0.2) is 14.0 Å². The summed E-state index contributed by atoms with van der Waals surface area (Å²) in [5, 5.41) is 29.6. The van der Waals surface area contributed by atoms with Gasteiger partial charge in [0.2, 0.25) is 5.79 Å². The molecule has 220 valence electrons. The Morgan fingerprint density at radius 1 is 1.32 bits per heavy atom. The second kappa shape index (κ2) is 12.6. The summed E-state index contributed by atoms with van der Waals surface area (Å²) in [6.07, 6.45) is -0.278. The number of amides is 1. The maximum Gasteiger partial charge on any atom is 0.459 e. The molecule has 2 heterocycles. The van der Waals surface area contributed by atoms with Gasteiger partial charge in [0.1, 0.15) is 36.0 Å². The first-order valence-corrected chi connectivity index (χ1v) is 14.2. The van der Waals surface area contributed by atoms with Crippen molar-refractivity contribution in [3.8, 4) is 5.75 Å². The summed E-state index contributed by atoms with van der Waals surface area (Å²) < 4.78 is 46.3. The molecule has 5 N–H and O–H groups in total. The van der Waals surface area contributed by atoms with Gasteiger partial charge in [-0.2, -0.15) is 0 Å². The van der Waals surface area contributed by atoms with E-state index in [1.54, 1.807) is 39.0 Å². The predicted molar refractivity (Wildman–Crippen MR) is 144 cm³/mol. The molecular weight excluding hydrogens is 546 g/mol. The lowest BCUT2D eigenvalue weighted by Gasteiger charge is -2.38. The summed E-state index contributed by atoms with van der Waals surface area (Å²) in [5.74, 6) is -3.63. The van der Waals surface area contributed by atoms with Crippen LogP contribution in [0.15, 0.2) is 67.7 Å². The minimum atomic E-state index is -4.33. The van der Waals surface area contributed by atoms with Gasteiger partial charge in [0.15, 0.2) is 0 Å². The maximum atomic E-state index is 16.3. The second-order valence-corrected chi connectivity index (χ2v) is 11.5. The number of aliphatic hydroxyl groups is 2. The van der Waals surface area contributed by atoms with E-state index in [0.29, 0.717) is 0 Å². The third kappa shape index (κ3) is 7.36. The number of rotatable bonds is 13. The van der Waals surface area contributed by atoms with Crippen LogP contribution in [0, 0.1) is 0 Å². The molecule has 0 spiro atoms. The van der Waals surface area contributed by atoms with Crippen LogP contribution in [0.2, 0.25) is 0 Å². The molecule has 1 aromatic carbocycles. The molecule has 0 aliphatic carbocycles. The Kier molecular flexibility index (Phi) is 9.94. The number of nitrogens with one attached hydrogen (secondary N) is 3. The van der Waals surface area contributed by atoms with Crippen LogP contribution in [0.5, 0.6) is 5.75 Å². The zero-order valence-electron chi connectivity index (χ0n) is 22.6. The molecule has 1 fully saturated rings. The standard InChI is InChI=1S/C26H36FN4O8P/c1-6-25(35)23(34)26(27,29-24(25)31-15-14-21(32)28-19(31)5)16-37-40(36,39-20-10-8-7-9-11-20)30-18(4)12-13-22(33)38-17(2)3/h6-11,14-15,17-18,23-24,29,34-35H,1,5,12-13,16H2,2-4H3,(H,28,32)(H,30,36)/t18?,23-,24-,25+,26+,40?/m0/s1. The summed E-state index contributed by atoms with van der Waals surface area (Å²) >= 11 is 0. The van der Waals surface area contributed by atoms with E-state index in [-0.39, 0.29) is 30.5 Å². The lowest BCUT2D eigenvalue weighted by molar-refractivity contribution is -0.147. The van der Waals surface area contributed by atoms with Crippen molar-refractivity contribution in [3.05, 3.63) is 67.7 Å². The molecule has 2 aliphatic rings. The fraction of sp³-hybridized carbons (Fsp3) is 0.462. The van der Waals surface area contributed by atoms with Crippen molar-refractivity contribution in [1.29, 1.82) is 0 Å². The van der Waals surface area contributed by atoms with E-state index in [0.717, 1.165) is 12.2 Å². The minimum Gasteiger partial charge on any atom is -0.463 e. The number of benzene rings is 1. The van der Waals surface area contributed by atoms with Crippen molar-refractivity contribution in [2.24, 2.45) is 0 Å². The second-order valence-electron chi connectivity index (χ2n) is 9.84. The highest BCUT2D eigenvalue weighted by Crippen LogP contribution is 2.48. The topological polar surface area (TPSA) is 159 Å². The number of nitrogens with zero attached hydrogens (tertiary/aromatic N) is 1. The summed E-state index contributed by atoms with van der Waals surface area (Å²) in [4.78, 5) is 24.8. The van der Waals surface area contributed by atoms with Crippen LogP contribution in [-0.2, 0) is 23.4 Å². The van der Waals surface area contributed by atoms with E-state index in [2.05, 4.69) is 28.9 Å². The van der Waals surface area contributed by atoms with E-state index in [1.165, 1.54) is 23.2 Å². The Bertz CT molecular complexity index is 1180. The molecule has 1 amide bonds. The molecule has 40 heavy (non-hydrogen) atoms. The third-order valence-electron chi connectivity index (χ3n) is 6.20. The van der Waals surface area contributed by atoms with Crippen molar-refractivity contribution < 1.29 is 42.5 Å². The van der Waals surface area contributed by atoms with Crippen LogP contribution in [0.1, 0.15) is 33.6 Å². The first-order valence-electron chi connectivity index (χ1n) is 12.6. The monoisotopic (exact) mass is 582 g/mol. The lowest BCUT2D eigenvalue weighted by atomic mass is 9.92. The Hall–Kier alpha value is -3.06. The first-order chi connectivity index (χ1) is 18.7. The summed E-state index contributed by atoms with van der Waals surface area (Å²) in [6.45, 7) is 11.2. The molecule has 1 aromatic rings. The molecule has 12 nitrogen and oxygen atoms in total. The largest absolute Gasteiger partial charge is 0.463 e. The number of hydrogen-bond acceptors (Lipinski definition) is 10. The van der Waals surface area contributed by atoms with Crippen LogP contribution in [0.4, 0.5) is 4.39 Å². The van der Waals surface area contributed by atoms with E-state index in [9.17, 15) is 24.4 Å². The molecule has 0 radical (unpaired) electrons.